The molecule has 0 spiro atoms. The van der Waals surface area contributed by atoms with Crippen molar-refractivity contribution in [3.63, 3.8) is 0 Å². The third-order valence-electron chi connectivity index (χ3n) is 8.74. The minimum atomic E-state index is -2.86. The summed E-state index contributed by atoms with van der Waals surface area (Å²) in [5.41, 5.74) is 0.0646. The first-order chi connectivity index (χ1) is 23.7. The Labute approximate surface area is 291 Å². The van der Waals surface area contributed by atoms with E-state index >= 15 is 0 Å². The second kappa shape index (κ2) is 15.0. The van der Waals surface area contributed by atoms with Crippen LogP contribution < -0.4 is 20.7 Å². The zero-order chi connectivity index (χ0) is 34.4. The highest BCUT2D eigenvalue weighted by atomic mass is 32.2. The van der Waals surface area contributed by atoms with Crippen molar-refractivity contribution in [3.05, 3.63) is 155 Å². The predicted octanol–water partition coefficient (Wildman–Crippen LogP) is 6.10. The van der Waals surface area contributed by atoms with E-state index in [-0.39, 0.29) is 21.9 Å². The van der Waals surface area contributed by atoms with Crippen molar-refractivity contribution in [2.75, 3.05) is 12.4 Å². The highest BCUT2D eigenvalue weighted by Gasteiger charge is 2.51. The molecular weight excluding hydrogens is 656 g/mol. The summed E-state index contributed by atoms with van der Waals surface area (Å²) in [6.45, 7) is 7.39. The monoisotopic (exact) mass is 694 g/mol. The molecule has 0 amide bonds. The van der Waals surface area contributed by atoms with Gasteiger partial charge in [0.2, 0.25) is 5.82 Å². The van der Waals surface area contributed by atoms with Gasteiger partial charge in [-0.1, -0.05) is 130 Å². The van der Waals surface area contributed by atoms with Gasteiger partial charge in [0.1, 0.15) is 12.2 Å². The number of aromatic nitrogens is 2. The number of nitrogens with zero attached hydrogens (tertiary/aromatic N) is 2. The molecule has 252 valence electrons. The van der Waals surface area contributed by atoms with E-state index in [1.165, 1.54) is 10.4 Å². The first-order valence-electron chi connectivity index (χ1n) is 16.2. The number of benzene rings is 4. The number of hydrogen-bond donors (Lipinski definition) is 0. The van der Waals surface area contributed by atoms with Crippen molar-refractivity contribution in [3.8, 4) is 6.01 Å². The number of halogens is 1. The van der Waals surface area contributed by atoms with Gasteiger partial charge in [0.25, 0.3) is 19.8 Å². The van der Waals surface area contributed by atoms with Crippen molar-refractivity contribution >= 4 is 36.4 Å². The van der Waals surface area contributed by atoms with E-state index in [0.29, 0.717) is 23.5 Å². The molecule has 0 aliphatic carbocycles. The minimum absolute atomic E-state index is 0.166. The van der Waals surface area contributed by atoms with Gasteiger partial charge in [0, 0.05) is 17.9 Å². The van der Waals surface area contributed by atoms with Gasteiger partial charge in [0.05, 0.1) is 18.1 Å². The van der Waals surface area contributed by atoms with E-state index < -0.39 is 37.8 Å². The SMILES string of the molecule is CC(C)(C)[Si](OC[C@H]1SC[C@@H](Oc2ncc(F)c(=O)n2C(=O)c2ccccc2)[C@@H]1OCc1ccccc1)(c1ccccc1)c1ccccc1. The van der Waals surface area contributed by atoms with Crippen LogP contribution in [0, 0.1) is 5.82 Å². The van der Waals surface area contributed by atoms with Gasteiger partial charge < -0.3 is 13.9 Å². The second-order valence-corrected chi connectivity index (χ2v) is 18.5. The maximum Gasteiger partial charge on any atom is 0.307 e. The fourth-order valence-corrected chi connectivity index (χ4v) is 12.4. The standard InChI is InChI=1S/C39H39FN2O5SSi/c1-39(2,3)49(30-20-12-6-13-21-30,31-22-14-7-15-23-31)46-26-34-35(45-25-28-16-8-4-9-17-28)33(27-48-34)47-38-41-24-32(40)37(44)42(38)36(43)29-18-10-5-11-19-29/h4-24,33-35H,25-27H2,1-3H3/t33-,34-,35+/m1/s1. The van der Waals surface area contributed by atoms with Crippen LogP contribution in [-0.4, -0.2) is 53.6 Å². The average Bonchev–Trinajstić information content (AvgIpc) is 3.51. The van der Waals surface area contributed by atoms with E-state index in [1.54, 1.807) is 42.1 Å². The minimum Gasteiger partial charge on any atom is -0.457 e. The highest BCUT2D eigenvalue weighted by molar-refractivity contribution is 8.00. The van der Waals surface area contributed by atoms with Crippen molar-refractivity contribution in [2.45, 2.75) is 49.9 Å². The van der Waals surface area contributed by atoms with Crippen LogP contribution in [0.3, 0.4) is 0 Å². The van der Waals surface area contributed by atoms with Crippen molar-refractivity contribution in [1.29, 1.82) is 0 Å². The molecule has 3 atom stereocenters. The summed E-state index contributed by atoms with van der Waals surface area (Å²) in [5.74, 6) is -1.40. The van der Waals surface area contributed by atoms with Crippen LogP contribution in [0.2, 0.25) is 5.04 Å². The Bertz CT molecular complexity index is 1870. The van der Waals surface area contributed by atoms with Gasteiger partial charge in [-0.25, -0.2) is 4.98 Å². The van der Waals surface area contributed by atoms with Crippen molar-refractivity contribution in [2.24, 2.45) is 0 Å². The maximum atomic E-state index is 14.5. The van der Waals surface area contributed by atoms with Crippen LogP contribution in [0.25, 0.3) is 0 Å². The lowest BCUT2D eigenvalue weighted by Gasteiger charge is -2.43. The molecule has 0 saturated carbocycles. The number of ether oxygens (including phenoxy) is 2. The van der Waals surface area contributed by atoms with Crippen molar-refractivity contribution in [1.82, 2.24) is 9.55 Å². The average molecular weight is 695 g/mol. The summed E-state index contributed by atoms with van der Waals surface area (Å²) in [5, 5.41) is 1.96. The zero-order valence-corrected chi connectivity index (χ0v) is 29.5. The quantitative estimate of drug-likeness (QED) is 0.155. The Kier molecular flexibility index (Phi) is 10.6. The molecule has 1 fully saturated rings. The summed E-state index contributed by atoms with van der Waals surface area (Å²) in [6, 6.07) is 38.6. The van der Waals surface area contributed by atoms with E-state index in [4.69, 9.17) is 13.9 Å². The second-order valence-electron chi connectivity index (χ2n) is 13.0. The van der Waals surface area contributed by atoms with E-state index in [9.17, 15) is 14.0 Å². The largest absolute Gasteiger partial charge is 0.457 e. The van der Waals surface area contributed by atoms with Gasteiger partial charge in [0.15, 0.2) is 0 Å². The lowest BCUT2D eigenvalue weighted by molar-refractivity contribution is -0.0295. The molecule has 0 bridgehead atoms. The molecule has 5 aromatic rings. The van der Waals surface area contributed by atoms with Gasteiger partial charge in [-0.2, -0.15) is 8.96 Å². The molecule has 0 unspecified atom stereocenters. The topological polar surface area (TPSA) is 79.7 Å². The Morgan fingerprint density at radius 3 is 2.00 bits per heavy atom. The molecule has 0 radical (unpaired) electrons. The van der Waals surface area contributed by atoms with Gasteiger partial charge in [-0.15, -0.1) is 11.8 Å². The molecule has 2 heterocycles. The van der Waals surface area contributed by atoms with Gasteiger partial charge in [-0.3, -0.25) is 9.59 Å². The van der Waals surface area contributed by atoms with Crippen LogP contribution in [0.15, 0.2) is 132 Å². The molecule has 4 aromatic carbocycles. The molecule has 7 nitrogen and oxygen atoms in total. The number of carbonyl (C=O) groups is 1. The van der Waals surface area contributed by atoms with Crippen molar-refractivity contribution < 1.29 is 23.1 Å². The van der Waals surface area contributed by atoms with E-state index in [0.717, 1.165) is 11.8 Å². The Morgan fingerprint density at radius 1 is 0.878 bits per heavy atom. The fraction of sp³-hybridized carbons (Fsp3) is 0.256. The lowest BCUT2D eigenvalue weighted by Crippen LogP contribution is -2.67. The molecule has 6 rings (SSSR count). The number of thioether (sulfide) groups is 1. The third-order valence-corrected chi connectivity index (χ3v) is 15.1. The molecule has 1 aliphatic rings. The Hall–Kier alpha value is -4.35. The summed E-state index contributed by atoms with van der Waals surface area (Å²) >= 11 is 1.65. The molecule has 1 aromatic heterocycles. The molecule has 0 N–H and O–H groups in total. The first kappa shape index (κ1) is 34.5. The Balaban J connectivity index is 1.34. The normalized spacial score (nSPS) is 17.9. The van der Waals surface area contributed by atoms with Crippen LogP contribution in [0.1, 0.15) is 36.7 Å². The van der Waals surface area contributed by atoms with Crippen LogP contribution in [0.4, 0.5) is 4.39 Å². The number of carbonyl (C=O) groups excluding carboxylic acids is 1. The first-order valence-corrected chi connectivity index (χ1v) is 19.2. The van der Waals surface area contributed by atoms with Gasteiger partial charge >= 0.3 is 6.01 Å². The highest BCUT2D eigenvalue weighted by Crippen LogP contribution is 2.39. The third kappa shape index (κ3) is 7.33. The summed E-state index contributed by atoms with van der Waals surface area (Å²) < 4.78 is 35.5. The van der Waals surface area contributed by atoms with E-state index in [1.807, 2.05) is 42.5 Å². The zero-order valence-electron chi connectivity index (χ0n) is 27.7. The smallest absolute Gasteiger partial charge is 0.307 e. The molecular formula is C39H39FN2O5SSi. The molecule has 1 aliphatic heterocycles. The summed E-state index contributed by atoms with van der Waals surface area (Å²) in [6.07, 6.45) is -0.336. The number of hydrogen-bond acceptors (Lipinski definition) is 7. The molecule has 1 saturated heterocycles. The molecule has 49 heavy (non-hydrogen) atoms. The maximum absolute atomic E-state index is 14.5. The number of rotatable bonds is 11. The summed E-state index contributed by atoms with van der Waals surface area (Å²) in [4.78, 5) is 30.6. The Morgan fingerprint density at radius 2 is 1.43 bits per heavy atom. The van der Waals surface area contributed by atoms with Crippen LogP contribution >= 0.6 is 11.8 Å². The van der Waals surface area contributed by atoms with Gasteiger partial charge in [-0.05, 0) is 33.1 Å². The lowest BCUT2D eigenvalue weighted by atomic mass is 10.1. The molecule has 10 heteroatoms. The van der Waals surface area contributed by atoms with Crippen LogP contribution in [0.5, 0.6) is 6.01 Å². The summed E-state index contributed by atoms with van der Waals surface area (Å²) in [7, 11) is -2.86. The predicted molar refractivity (Wildman–Crippen MR) is 194 cm³/mol. The van der Waals surface area contributed by atoms with E-state index in [2.05, 4.69) is 74.3 Å². The van der Waals surface area contributed by atoms with Crippen LogP contribution in [-0.2, 0) is 15.8 Å². The fourth-order valence-electron chi connectivity index (χ4n) is 6.37.